The van der Waals surface area contributed by atoms with Gasteiger partial charge in [0, 0.05) is 18.7 Å². The zero-order valence-electron chi connectivity index (χ0n) is 16.9. The number of carbonyl (C=O) groups excluding carboxylic acids is 2. The molecule has 2 aromatic carbocycles. The van der Waals surface area contributed by atoms with Gasteiger partial charge in [0.1, 0.15) is 5.75 Å². The third-order valence-electron chi connectivity index (χ3n) is 5.24. The van der Waals surface area contributed by atoms with Gasteiger partial charge in [-0.2, -0.15) is 0 Å². The van der Waals surface area contributed by atoms with Gasteiger partial charge < -0.3 is 20.4 Å². The minimum absolute atomic E-state index is 0.0823. The van der Waals surface area contributed by atoms with E-state index < -0.39 is 11.9 Å². The second kappa shape index (κ2) is 9.43. The molecule has 1 saturated heterocycles. The number of rotatable bonds is 8. The number of amides is 2. The van der Waals surface area contributed by atoms with Gasteiger partial charge in [-0.3, -0.25) is 14.4 Å². The number of phenols is 1. The van der Waals surface area contributed by atoms with Crippen LogP contribution in [0.4, 0.5) is 11.4 Å². The molecule has 0 aliphatic carbocycles. The molecule has 3 N–H and O–H groups in total. The average molecular weight is 410 g/mol. The van der Waals surface area contributed by atoms with E-state index in [2.05, 4.69) is 12.2 Å². The van der Waals surface area contributed by atoms with Crippen LogP contribution in [0.1, 0.15) is 37.3 Å². The molecule has 0 saturated carbocycles. The lowest BCUT2D eigenvalue weighted by atomic mass is 10.1. The Morgan fingerprint density at radius 3 is 2.50 bits per heavy atom. The van der Waals surface area contributed by atoms with E-state index in [4.69, 9.17) is 5.11 Å². The summed E-state index contributed by atoms with van der Waals surface area (Å²) < 4.78 is 0. The lowest BCUT2D eigenvalue weighted by Gasteiger charge is -2.17. The molecular formula is C23H26N2O5. The van der Waals surface area contributed by atoms with Crippen molar-refractivity contribution in [2.45, 2.75) is 39.0 Å². The van der Waals surface area contributed by atoms with Crippen LogP contribution in [0, 0.1) is 5.92 Å². The van der Waals surface area contributed by atoms with Crippen molar-refractivity contribution in [2.24, 2.45) is 5.92 Å². The highest BCUT2D eigenvalue weighted by Gasteiger charge is 2.35. The molecule has 0 aromatic heterocycles. The second-order valence-corrected chi connectivity index (χ2v) is 7.59. The second-order valence-electron chi connectivity index (χ2n) is 7.59. The number of carboxylic acid groups (broad SMARTS) is 1. The molecule has 2 amide bonds. The molecule has 0 radical (unpaired) electrons. The number of aryl methyl sites for hydroxylation is 1. The fourth-order valence-corrected chi connectivity index (χ4v) is 3.56. The van der Waals surface area contributed by atoms with Gasteiger partial charge in [0.2, 0.25) is 11.8 Å². The zero-order chi connectivity index (χ0) is 21.7. The first-order valence-electron chi connectivity index (χ1n) is 10.1. The Bertz CT molecular complexity index is 939. The van der Waals surface area contributed by atoms with Gasteiger partial charge in [-0.15, -0.1) is 0 Å². The van der Waals surface area contributed by atoms with E-state index in [1.54, 1.807) is 4.90 Å². The van der Waals surface area contributed by atoms with E-state index in [0.717, 1.165) is 24.9 Å². The minimum Gasteiger partial charge on any atom is -0.506 e. The molecule has 2 aromatic rings. The van der Waals surface area contributed by atoms with Crippen molar-refractivity contribution in [1.29, 1.82) is 0 Å². The Morgan fingerprint density at radius 2 is 1.83 bits per heavy atom. The molecule has 158 valence electrons. The predicted molar refractivity (Wildman–Crippen MR) is 114 cm³/mol. The molecule has 7 heteroatoms. The maximum absolute atomic E-state index is 12.7. The first kappa shape index (κ1) is 21.4. The van der Waals surface area contributed by atoms with Crippen LogP contribution in [0.3, 0.4) is 0 Å². The summed E-state index contributed by atoms with van der Waals surface area (Å²) in [6, 6.07) is 12.1. The number of nitrogens with one attached hydrogen (secondary N) is 1. The molecule has 0 spiro atoms. The van der Waals surface area contributed by atoms with Crippen molar-refractivity contribution in [3.63, 3.8) is 0 Å². The van der Waals surface area contributed by atoms with E-state index in [0.29, 0.717) is 5.56 Å². The molecule has 3 rings (SSSR count). The fourth-order valence-electron chi connectivity index (χ4n) is 3.56. The SMILES string of the molecule is CCCCc1ccc(N2CC(C(=O)Nc3cc(CC(=O)O)ccc3O)CC2=O)cc1. The average Bonchev–Trinajstić information content (AvgIpc) is 3.11. The smallest absolute Gasteiger partial charge is 0.307 e. The summed E-state index contributed by atoms with van der Waals surface area (Å²) in [7, 11) is 0. The van der Waals surface area contributed by atoms with Crippen LogP contribution in [0.15, 0.2) is 42.5 Å². The Labute approximate surface area is 175 Å². The van der Waals surface area contributed by atoms with Crippen molar-refractivity contribution >= 4 is 29.2 Å². The standard InChI is InChI=1S/C23H26N2O5/c1-2-3-4-15-5-8-18(9-6-15)25-14-17(13-21(25)27)23(30)24-19-11-16(12-22(28)29)7-10-20(19)26/h5-11,17,26H,2-4,12-14H2,1H3,(H,24,30)(H,28,29). The summed E-state index contributed by atoms with van der Waals surface area (Å²) in [5.41, 5.74) is 2.59. The number of carbonyl (C=O) groups is 3. The van der Waals surface area contributed by atoms with E-state index in [-0.39, 0.29) is 42.6 Å². The first-order valence-corrected chi connectivity index (χ1v) is 10.1. The van der Waals surface area contributed by atoms with Crippen LogP contribution in [-0.4, -0.2) is 34.5 Å². The normalized spacial score (nSPS) is 16.0. The predicted octanol–water partition coefficient (Wildman–Crippen LogP) is 3.35. The summed E-state index contributed by atoms with van der Waals surface area (Å²) in [6.45, 7) is 2.40. The van der Waals surface area contributed by atoms with E-state index >= 15 is 0 Å². The molecule has 1 fully saturated rings. The number of aliphatic carboxylic acids is 1. The highest BCUT2D eigenvalue weighted by Crippen LogP contribution is 2.29. The number of unbranched alkanes of at least 4 members (excludes halogenated alkanes) is 1. The van der Waals surface area contributed by atoms with Gasteiger partial charge in [-0.1, -0.05) is 31.5 Å². The fraction of sp³-hybridized carbons (Fsp3) is 0.348. The molecule has 1 heterocycles. The van der Waals surface area contributed by atoms with Gasteiger partial charge >= 0.3 is 5.97 Å². The summed E-state index contributed by atoms with van der Waals surface area (Å²) in [4.78, 5) is 37.6. The van der Waals surface area contributed by atoms with Crippen molar-refractivity contribution < 1.29 is 24.6 Å². The van der Waals surface area contributed by atoms with Crippen molar-refractivity contribution in [3.05, 3.63) is 53.6 Å². The van der Waals surface area contributed by atoms with Gasteiger partial charge in [0.05, 0.1) is 18.0 Å². The van der Waals surface area contributed by atoms with Gasteiger partial charge in [0.25, 0.3) is 0 Å². The minimum atomic E-state index is -1.00. The summed E-state index contributed by atoms with van der Waals surface area (Å²) in [6.07, 6.45) is 3.11. The van der Waals surface area contributed by atoms with Gasteiger partial charge in [-0.05, 0) is 48.2 Å². The van der Waals surface area contributed by atoms with Crippen LogP contribution in [0.2, 0.25) is 0 Å². The topological polar surface area (TPSA) is 107 Å². The maximum atomic E-state index is 12.7. The van der Waals surface area contributed by atoms with E-state index in [1.807, 2.05) is 24.3 Å². The molecule has 1 atom stereocenters. The number of aromatic hydroxyl groups is 1. The Hall–Kier alpha value is -3.35. The number of benzene rings is 2. The van der Waals surface area contributed by atoms with Crippen molar-refractivity contribution in [3.8, 4) is 5.75 Å². The first-order chi connectivity index (χ1) is 14.4. The van der Waals surface area contributed by atoms with Gasteiger partial charge in [-0.25, -0.2) is 0 Å². The molecular weight excluding hydrogens is 384 g/mol. The van der Waals surface area contributed by atoms with E-state index in [9.17, 15) is 19.5 Å². The van der Waals surface area contributed by atoms with Crippen molar-refractivity contribution in [1.82, 2.24) is 0 Å². The largest absolute Gasteiger partial charge is 0.506 e. The van der Waals surface area contributed by atoms with Gasteiger partial charge in [0.15, 0.2) is 0 Å². The number of hydrogen-bond acceptors (Lipinski definition) is 4. The quantitative estimate of drug-likeness (QED) is 0.579. The Morgan fingerprint density at radius 1 is 1.13 bits per heavy atom. The van der Waals surface area contributed by atoms with Crippen molar-refractivity contribution in [2.75, 3.05) is 16.8 Å². The van der Waals surface area contributed by atoms with Crippen LogP contribution >= 0.6 is 0 Å². The number of anilines is 2. The highest BCUT2D eigenvalue weighted by molar-refractivity contribution is 6.04. The summed E-state index contributed by atoms with van der Waals surface area (Å²) >= 11 is 0. The Balaban J connectivity index is 1.66. The number of hydrogen-bond donors (Lipinski definition) is 3. The third kappa shape index (κ3) is 5.17. The van der Waals surface area contributed by atoms with Crippen LogP contribution < -0.4 is 10.2 Å². The number of carboxylic acids is 1. The molecule has 1 aliphatic heterocycles. The number of nitrogens with zero attached hydrogens (tertiary/aromatic N) is 1. The zero-order valence-corrected chi connectivity index (χ0v) is 16.9. The number of phenolic OH excluding ortho intramolecular Hbond substituents is 1. The molecule has 1 unspecified atom stereocenters. The lowest BCUT2D eigenvalue weighted by Crippen LogP contribution is -2.28. The monoisotopic (exact) mass is 410 g/mol. The van der Waals surface area contributed by atoms with Crippen LogP contribution in [0.5, 0.6) is 5.75 Å². The van der Waals surface area contributed by atoms with Crippen LogP contribution in [-0.2, 0) is 27.2 Å². The highest BCUT2D eigenvalue weighted by atomic mass is 16.4. The third-order valence-corrected chi connectivity index (χ3v) is 5.24. The van der Waals surface area contributed by atoms with E-state index in [1.165, 1.54) is 23.8 Å². The van der Waals surface area contributed by atoms with Crippen LogP contribution in [0.25, 0.3) is 0 Å². The molecule has 0 bridgehead atoms. The lowest BCUT2D eigenvalue weighted by molar-refractivity contribution is -0.136. The summed E-state index contributed by atoms with van der Waals surface area (Å²) in [5.74, 6) is -2.22. The Kier molecular flexibility index (Phi) is 6.72. The molecule has 7 nitrogen and oxygen atoms in total. The maximum Gasteiger partial charge on any atom is 0.307 e. The molecule has 1 aliphatic rings. The summed E-state index contributed by atoms with van der Waals surface area (Å²) in [5, 5.41) is 21.5. The molecule has 30 heavy (non-hydrogen) atoms.